The van der Waals surface area contributed by atoms with Gasteiger partial charge >= 0.3 is 5.97 Å². The fourth-order valence-corrected chi connectivity index (χ4v) is 7.70. The first-order valence-electron chi connectivity index (χ1n) is 10.8. The van der Waals surface area contributed by atoms with Crippen LogP contribution in [0.2, 0.25) is 0 Å². The molecule has 0 amide bonds. The number of rotatable bonds is 1. The monoisotopic (exact) mass is 388 g/mol. The lowest BCUT2D eigenvalue weighted by Crippen LogP contribution is -2.62. The van der Waals surface area contributed by atoms with Crippen LogP contribution < -0.4 is 0 Å². The number of aliphatic hydroxyl groups is 1. The zero-order valence-corrected chi connectivity index (χ0v) is 17.6. The largest absolute Gasteiger partial charge is 0.450 e. The summed E-state index contributed by atoms with van der Waals surface area (Å²) in [6.45, 7) is 10.3. The highest BCUT2D eigenvalue weighted by molar-refractivity contribution is 5.97. The van der Waals surface area contributed by atoms with Crippen molar-refractivity contribution in [2.75, 3.05) is 6.61 Å². The van der Waals surface area contributed by atoms with Crippen molar-refractivity contribution in [3.63, 3.8) is 0 Å². The van der Waals surface area contributed by atoms with E-state index in [0.29, 0.717) is 25.4 Å². The van der Waals surface area contributed by atoms with Gasteiger partial charge in [-0.3, -0.25) is 9.59 Å². The van der Waals surface area contributed by atoms with E-state index in [1.165, 1.54) is 6.92 Å². The Hall–Kier alpha value is -1.20. The van der Waals surface area contributed by atoms with E-state index in [1.54, 1.807) is 0 Å². The zero-order valence-electron chi connectivity index (χ0n) is 17.6. The van der Waals surface area contributed by atoms with Crippen molar-refractivity contribution in [2.45, 2.75) is 78.1 Å². The average molecular weight is 389 g/mol. The number of hydrogen-bond acceptors (Lipinski definition) is 5. The van der Waals surface area contributed by atoms with E-state index in [2.05, 4.69) is 6.92 Å². The van der Waals surface area contributed by atoms with Crippen LogP contribution in [0, 0.1) is 34.5 Å². The second-order valence-corrected chi connectivity index (χ2v) is 10.6. The number of hydrogen-bond donors (Lipinski definition) is 1. The summed E-state index contributed by atoms with van der Waals surface area (Å²) in [4.78, 5) is 26.1. The molecule has 1 heterocycles. The standard InChI is InChI=1S/C23H32O5/c1-11-6-7-22(26)9-16-14-10-27-17(14)8-15-12(2)23(15,16)20(25)19(28-13(3)24)18(11)21(22,4)5/h12,14-17,19,26H,6-10H2,1-5H3/t12-,14-,15?,16?,17+,19+,22+,23+/m0/s1. The van der Waals surface area contributed by atoms with Gasteiger partial charge in [-0.1, -0.05) is 26.3 Å². The lowest BCUT2D eigenvalue weighted by molar-refractivity contribution is -0.204. The molecule has 5 aliphatic rings. The van der Waals surface area contributed by atoms with Crippen molar-refractivity contribution in [3.8, 4) is 0 Å². The number of esters is 1. The lowest BCUT2D eigenvalue weighted by Gasteiger charge is -2.58. The van der Waals surface area contributed by atoms with Gasteiger partial charge in [0.1, 0.15) is 0 Å². The Bertz CT molecular complexity index is 797. The Kier molecular flexibility index (Phi) is 3.68. The summed E-state index contributed by atoms with van der Waals surface area (Å²) < 4.78 is 11.6. The molecule has 0 aromatic rings. The molecule has 5 rings (SSSR count). The minimum absolute atomic E-state index is 0.0851. The molecule has 1 saturated heterocycles. The summed E-state index contributed by atoms with van der Waals surface area (Å²) in [6, 6.07) is 0. The van der Waals surface area contributed by atoms with Crippen LogP contribution in [0.3, 0.4) is 0 Å². The van der Waals surface area contributed by atoms with Crippen molar-refractivity contribution in [2.24, 2.45) is 34.5 Å². The molecule has 0 radical (unpaired) electrons. The highest BCUT2D eigenvalue weighted by Crippen LogP contribution is 2.75. The first kappa shape index (κ1) is 18.8. The van der Waals surface area contributed by atoms with Crippen molar-refractivity contribution in [1.29, 1.82) is 0 Å². The zero-order chi connectivity index (χ0) is 20.2. The fraction of sp³-hybridized carbons (Fsp3) is 0.826. The molecular formula is C23H32O5. The van der Waals surface area contributed by atoms with Crippen LogP contribution in [0.5, 0.6) is 0 Å². The second-order valence-electron chi connectivity index (χ2n) is 10.6. The SMILES string of the molecule is CC(=O)O[C@H]1C(=O)[C@@]23C(C[C@]4(O)CCC(C)=C1C4(C)C)[C@@H]1CO[C@@H]1CC2[C@@H]3C. The molecule has 0 aromatic heterocycles. The van der Waals surface area contributed by atoms with Gasteiger partial charge in [-0.2, -0.15) is 0 Å². The van der Waals surface area contributed by atoms with E-state index in [9.17, 15) is 14.7 Å². The molecule has 0 aromatic carbocycles. The third-order valence-corrected chi connectivity index (χ3v) is 9.44. The van der Waals surface area contributed by atoms with Crippen LogP contribution in [0.1, 0.15) is 60.3 Å². The van der Waals surface area contributed by atoms with E-state index in [1.807, 2.05) is 20.8 Å². The first-order valence-corrected chi connectivity index (χ1v) is 10.8. The van der Waals surface area contributed by atoms with Gasteiger partial charge in [-0.15, -0.1) is 0 Å². The number of ketones is 1. The van der Waals surface area contributed by atoms with Gasteiger partial charge in [0.15, 0.2) is 11.9 Å². The Morgan fingerprint density at radius 1 is 1.29 bits per heavy atom. The Morgan fingerprint density at radius 2 is 2.00 bits per heavy atom. The molecule has 1 spiro atoms. The molecule has 1 N–H and O–H groups in total. The summed E-state index contributed by atoms with van der Waals surface area (Å²) in [7, 11) is 0. The summed E-state index contributed by atoms with van der Waals surface area (Å²) >= 11 is 0. The van der Waals surface area contributed by atoms with Crippen molar-refractivity contribution < 1.29 is 24.2 Å². The first-order chi connectivity index (χ1) is 13.1. The van der Waals surface area contributed by atoms with E-state index >= 15 is 0 Å². The maximum atomic E-state index is 14.1. The molecule has 4 fully saturated rings. The molecule has 3 saturated carbocycles. The third kappa shape index (κ3) is 2.00. The molecule has 2 unspecified atom stereocenters. The van der Waals surface area contributed by atoms with E-state index < -0.39 is 28.5 Å². The number of ether oxygens (including phenoxy) is 2. The predicted octanol–water partition coefficient (Wildman–Crippen LogP) is 3.05. The van der Waals surface area contributed by atoms with Gasteiger partial charge in [-0.05, 0) is 55.9 Å². The van der Waals surface area contributed by atoms with Gasteiger partial charge in [0.2, 0.25) is 0 Å². The minimum Gasteiger partial charge on any atom is -0.450 e. The van der Waals surface area contributed by atoms with Crippen LogP contribution in [0.4, 0.5) is 0 Å². The van der Waals surface area contributed by atoms with Crippen molar-refractivity contribution in [3.05, 3.63) is 11.1 Å². The van der Waals surface area contributed by atoms with Crippen LogP contribution in [-0.2, 0) is 19.1 Å². The third-order valence-electron chi connectivity index (χ3n) is 9.44. The van der Waals surface area contributed by atoms with Crippen molar-refractivity contribution >= 4 is 11.8 Å². The number of allylic oxidation sites excluding steroid dienone is 1. The molecule has 28 heavy (non-hydrogen) atoms. The summed E-state index contributed by atoms with van der Waals surface area (Å²) in [5.74, 6) is 0.621. The minimum atomic E-state index is -0.900. The van der Waals surface area contributed by atoms with Gasteiger partial charge in [0.05, 0.1) is 18.3 Å². The van der Waals surface area contributed by atoms with E-state index in [0.717, 1.165) is 24.0 Å². The fourth-order valence-electron chi connectivity index (χ4n) is 7.70. The highest BCUT2D eigenvalue weighted by Gasteiger charge is 2.78. The van der Waals surface area contributed by atoms with Crippen LogP contribution in [0.25, 0.3) is 0 Å². The Labute approximate surface area is 166 Å². The molecular weight excluding hydrogens is 356 g/mol. The summed E-state index contributed by atoms with van der Waals surface area (Å²) in [5.41, 5.74) is -0.0482. The van der Waals surface area contributed by atoms with Crippen LogP contribution in [0.15, 0.2) is 11.1 Å². The number of carbonyl (C=O) groups excluding carboxylic acids is 2. The van der Waals surface area contributed by atoms with E-state index in [4.69, 9.17) is 9.47 Å². The quantitative estimate of drug-likeness (QED) is 0.552. The van der Waals surface area contributed by atoms with Gasteiger partial charge in [-0.25, -0.2) is 0 Å². The Morgan fingerprint density at radius 3 is 2.61 bits per heavy atom. The topological polar surface area (TPSA) is 72.8 Å². The molecule has 4 aliphatic carbocycles. The molecule has 8 atom stereocenters. The molecule has 5 nitrogen and oxygen atoms in total. The number of carbonyl (C=O) groups is 2. The molecule has 1 aliphatic heterocycles. The molecule has 154 valence electrons. The molecule has 5 heteroatoms. The summed E-state index contributed by atoms with van der Waals surface area (Å²) in [6.07, 6.45) is 2.34. The average Bonchev–Trinajstić information content (AvgIpc) is 3.17. The highest BCUT2D eigenvalue weighted by atomic mass is 16.5. The Balaban J connectivity index is 1.71. The normalized spacial score (nSPS) is 51.0. The van der Waals surface area contributed by atoms with Crippen LogP contribution in [-0.4, -0.2) is 41.3 Å². The van der Waals surface area contributed by atoms with Gasteiger partial charge < -0.3 is 14.6 Å². The molecule has 2 bridgehead atoms. The number of fused-ring (bicyclic) bond motifs is 4. The van der Waals surface area contributed by atoms with Crippen LogP contribution >= 0.6 is 0 Å². The van der Waals surface area contributed by atoms with E-state index in [-0.39, 0.29) is 29.6 Å². The lowest BCUT2D eigenvalue weighted by atomic mass is 9.51. The number of Topliss-reactive ketones (excluding diaryl/α,β-unsaturated/α-hetero) is 1. The maximum Gasteiger partial charge on any atom is 0.303 e. The van der Waals surface area contributed by atoms with Gasteiger partial charge in [0, 0.05) is 23.7 Å². The maximum absolute atomic E-state index is 14.1. The smallest absolute Gasteiger partial charge is 0.303 e. The van der Waals surface area contributed by atoms with Crippen molar-refractivity contribution in [1.82, 2.24) is 0 Å². The second kappa shape index (κ2) is 5.48. The predicted molar refractivity (Wildman–Crippen MR) is 102 cm³/mol. The van der Waals surface area contributed by atoms with Gasteiger partial charge in [0.25, 0.3) is 0 Å². The summed E-state index contributed by atoms with van der Waals surface area (Å²) in [5, 5.41) is 11.9.